The monoisotopic (exact) mass is 656 g/mol. The Bertz CT molecular complexity index is 1380. The predicted octanol–water partition coefficient (Wildman–Crippen LogP) is -0.591. The van der Waals surface area contributed by atoms with Crippen molar-refractivity contribution in [3.8, 4) is 5.75 Å². The summed E-state index contributed by atoms with van der Waals surface area (Å²) in [6.45, 7) is 2.34. The van der Waals surface area contributed by atoms with Crippen molar-refractivity contribution >= 4 is 50.5 Å². The fourth-order valence-electron chi connectivity index (χ4n) is 6.34. The quantitative estimate of drug-likeness (QED) is 0.130. The van der Waals surface area contributed by atoms with Crippen LogP contribution in [-0.2, 0) is 16.0 Å². The number of carbonyl (C=O) groups excluding carboxylic acids is 4. The Kier molecular flexibility index (Phi) is 13.5. The number of nitrogens with one attached hydrogen (secondary N) is 4. The lowest BCUT2D eigenvalue weighted by Crippen LogP contribution is -2.58. The minimum atomic E-state index is -1.08. The van der Waals surface area contributed by atoms with Gasteiger partial charge in [-0.1, -0.05) is 23.1 Å². The minimum Gasteiger partial charge on any atom is -0.509 e. The van der Waals surface area contributed by atoms with Crippen molar-refractivity contribution in [2.75, 3.05) is 39.8 Å². The number of carbonyl (C=O) groups is 4. The maximum absolute atomic E-state index is 14.0. The summed E-state index contributed by atoms with van der Waals surface area (Å²) in [5.41, 5.74) is 7.56. The highest BCUT2D eigenvalue weighted by Gasteiger charge is 2.33. The molecule has 2 atom stereocenters. The Morgan fingerprint density at radius 1 is 0.938 bits per heavy atom. The van der Waals surface area contributed by atoms with E-state index in [9.17, 15) is 24.3 Å². The number of unbranched alkanes of at least 4 members (excludes halogenated alkanes) is 1. The molecule has 3 heterocycles. The van der Waals surface area contributed by atoms with Crippen molar-refractivity contribution in [3.63, 3.8) is 0 Å². The zero-order valence-electron chi connectivity index (χ0n) is 27.6. The van der Waals surface area contributed by atoms with Gasteiger partial charge < -0.3 is 41.9 Å². The first kappa shape index (κ1) is 36.6. The second-order valence-corrected chi connectivity index (χ2v) is 12.5. The molecule has 48 heavy (non-hydrogen) atoms. The summed E-state index contributed by atoms with van der Waals surface area (Å²) in [6.07, 6.45) is 8.02. The smallest absolute Gasteiger partial charge is 0.318 e. The average molecular weight is 656 g/mol. The molecule has 4 rings (SSSR count). The summed E-state index contributed by atoms with van der Waals surface area (Å²) in [5.74, 6) is -0.614. The average Bonchev–Trinajstić information content (AvgIpc) is 3.10. The molecule has 15 heteroatoms. The Labute approximate surface area is 285 Å². The molecule has 2 aliphatic rings. The van der Waals surface area contributed by atoms with Crippen molar-refractivity contribution in [1.29, 1.82) is 0 Å². The summed E-state index contributed by atoms with van der Waals surface area (Å²) in [4.78, 5) is 60.5. The van der Waals surface area contributed by atoms with Gasteiger partial charge in [-0.3, -0.25) is 14.6 Å². The van der Waals surface area contributed by atoms with Crippen LogP contribution in [0.5, 0.6) is 5.75 Å². The summed E-state index contributed by atoms with van der Waals surface area (Å²) in [7, 11) is 13.4. The van der Waals surface area contributed by atoms with Gasteiger partial charge in [0.2, 0.25) is 11.8 Å². The molecule has 2 aromatic rings. The van der Waals surface area contributed by atoms with Gasteiger partial charge in [-0.15, -0.1) is 0 Å². The number of benzene rings is 1. The molecule has 0 saturated carbocycles. The van der Waals surface area contributed by atoms with Gasteiger partial charge in [-0.2, -0.15) is 0 Å². The van der Waals surface area contributed by atoms with E-state index < -0.39 is 24.0 Å². The molecule has 4 radical (unpaired) electrons. The number of hydrogen-bond donors (Lipinski definition) is 6. The van der Waals surface area contributed by atoms with Crippen LogP contribution in [0.25, 0.3) is 0 Å². The number of urea groups is 2. The molecule has 13 nitrogen and oxygen atoms in total. The van der Waals surface area contributed by atoms with Gasteiger partial charge >= 0.3 is 12.1 Å². The molecule has 6 amide bonds. The first-order chi connectivity index (χ1) is 23.1. The number of phenols is 1. The standard InChI is InChI=1S/C33H46B2N8O5/c1-37-32(47)39-24-9-16-43(17-10-24)33(48)41-28(20-21-18-25(34)29(44)26(35)19-21)30(45)40-27(4-2-3-11-36)31(46)42-14-7-23(8-15-42)22-5-12-38-13-6-22/h5-6,12-13,18-19,23-24,27-28,44H,2-4,7-11,14-17,20,36H2,1H3,(H,40,45)(H,41,48)(H2,37,39,47)/t27?,28-/m1/s1. The molecular weight excluding hydrogens is 610 g/mol. The van der Waals surface area contributed by atoms with Crippen LogP contribution in [0.15, 0.2) is 36.7 Å². The molecule has 7 N–H and O–H groups in total. The molecule has 2 saturated heterocycles. The van der Waals surface area contributed by atoms with E-state index in [1.54, 1.807) is 29.2 Å². The molecule has 1 aromatic carbocycles. The van der Waals surface area contributed by atoms with Crippen molar-refractivity contribution in [2.45, 2.75) is 75.4 Å². The number of phenolic OH excluding ortho intramolecular Hbond substituents is 1. The Hall–Kier alpha value is -4.26. The number of hydrogen-bond acceptors (Lipinski definition) is 7. The number of nitrogens with zero attached hydrogens (tertiary/aromatic N) is 3. The van der Waals surface area contributed by atoms with Gasteiger partial charge in [0.05, 0.1) is 0 Å². The summed E-state index contributed by atoms with van der Waals surface area (Å²) in [6, 6.07) is 4.33. The second-order valence-electron chi connectivity index (χ2n) is 12.5. The predicted molar refractivity (Wildman–Crippen MR) is 185 cm³/mol. The number of rotatable bonds is 12. The second kappa shape index (κ2) is 17.8. The number of aromatic hydroxyl groups is 1. The number of likely N-dealkylation sites (tertiary alicyclic amines) is 2. The van der Waals surface area contributed by atoms with Crippen LogP contribution in [-0.4, -0.2) is 117 Å². The summed E-state index contributed by atoms with van der Waals surface area (Å²) >= 11 is 0. The number of piperidine rings is 2. The lowest BCUT2D eigenvalue weighted by molar-refractivity contribution is -0.138. The molecule has 254 valence electrons. The van der Waals surface area contributed by atoms with E-state index in [4.69, 9.17) is 21.4 Å². The van der Waals surface area contributed by atoms with Crippen molar-refractivity contribution in [3.05, 3.63) is 47.8 Å². The Morgan fingerprint density at radius 3 is 2.17 bits per heavy atom. The zero-order chi connectivity index (χ0) is 34.6. The van der Waals surface area contributed by atoms with Crippen LogP contribution in [0, 0.1) is 0 Å². The van der Waals surface area contributed by atoms with Gasteiger partial charge in [0.15, 0.2) is 0 Å². The van der Waals surface area contributed by atoms with Crippen LogP contribution < -0.4 is 37.9 Å². The van der Waals surface area contributed by atoms with E-state index in [-0.39, 0.29) is 41.1 Å². The highest BCUT2D eigenvalue weighted by atomic mass is 16.3. The normalized spacial score (nSPS) is 16.9. The van der Waals surface area contributed by atoms with Gasteiger partial charge in [-0.05, 0) is 80.7 Å². The van der Waals surface area contributed by atoms with Crippen molar-refractivity contribution in [2.24, 2.45) is 5.73 Å². The lowest BCUT2D eigenvalue weighted by Gasteiger charge is -2.35. The third-order valence-electron chi connectivity index (χ3n) is 9.17. The molecular formula is C33H46B2N8O5. The molecule has 0 spiro atoms. The fourth-order valence-corrected chi connectivity index (χ4v) is 6.34. The fraction of sp³-hybridized carbons (Fsp3) is 0.545. The van der Waals surface area contributed by atoms with Gasteiger partial charge in [-0.25, -0.2) is 9.59 Å². The van der Waals surface area contributed by atoms with E-state index in [2.05, 4.69) is 26.3 Å². The summed E-state index contributed by atoms with van der Waals surface area (Å²) < 4.78 is 0. The zero-order valence-corrected chi connectivity index (χ0v) is 27.6. The highest BCUT2D eigenvalue weighted by Crippen LogP contribution is 2.28. The van der Waals surface area contributed by atoms with Crippen molar-refractivity contribution in [1.82, 2.24) is 36.1 Å². The van der Waals surface area contributed by atoms with E-state index in [1.807, 2.05) is 12.1 Å². The van der Waals surface area contributed by atoms with E-state index >= 15 is 0 Å². The Balaban J connectivity index is 1.47. The van der Waals surface area contributed by atoms with Crippen LogP contribution >= 0.6 is 0 Å². The maximum atomic E-state index is 14.0. The maximum Gasteiger partial charge on any atom is 0.318 e. The largest absolute Gasteiger partial charge is 0.509 e. The molecule has 1 aromatic heterocycles. The van der Waals surface area contributed by atoms with E-state index in [1.165, 1.54) is 17.7 Å². The number of amides is 6. The molecule has 2 fully saturated rings. The molecule has 1 unspecified atom stereocenters. The van der Waals surface area contributed by atoms with Crippen LogP contribution in [0.2, 0.25) is 0 Å². The lowest BCUT2D eigenvalue weighted by atomic mass is 9.83. The number of nitrogens with two attached hydrogens (primary N) is 1. The van der Waals surface area contributed by atoms with Crippen molar-refractivity contribution < 1.29 is 24.3 Å². The van der Waals surface area contributed by atoms with Crippen LogP contribution in [0.4, 0.5) is 9.59 Å². The SMILES string of the molecule is [B]c1cc(C[C@@H](NC(=O)N2CCC(NC(=O)NC)CC2)C(=O)NC(CCCCN)C(=O)N2CCC(c3ccncc3)CC2)cc([B])c1O. The highest BCUT2D eigenvalue weighted by molar-refractivity contribution is 6.41. The van der Waals surface area contributed by atoms with Gasteiger partial charge in [0.25, 0.3) is 0 Å². The molecule has 2 aliphatic heterocycles. The first-order valence-corrected chi connectivity index (χ1v) is 16.7. The summed E-state index contributed by atoms with van der Waals surface area (Å²) in [5, 5.41) is 21.3. The van der Waals surface area contributed by atoms with Crippen LogP contribution in [0.3, 0.4) is 0 Å². The number of pyridine rings is 1. The van der Waals surface area contributed by atoms with Crippen LogP contribution in [0.1, 0.15) is 62.0 Å². The first-order valence-electron chi connectivity index (χ1n) is 16.7. The van der Waals surface area contributed by atoms with Gasteiger partial charge in [0.1, 0.15) is 33.5 Å². The molecule has 0 bridgehead atoms. The third-order valence-corrected chi connectivity index (χ3v) is 9.17. The van der Waals surface area contributed by atoms with E-state index in [0.29, 0.717) is 76.3 Å². The van der Waals surface area contributed by atoms with E-state index in [0.717, 1.165) is 12.8 Å². The number of aromatic nitrogens is 1. The molecule has 0 aliphatic carbocycles. The third kappa shape index (κ3) is 10.1. The minimum absolute atomic E-state index is 0.0159. The Morgan fingerprint density at radius 2 is 1.56 bits per heavy atom. The topological polar surface area (TPSA) is 182 Å². The van der Waals surface area contributed by atoms with Gasteiger partial charge in [0, 0.05) is 58.1 Å².